The molecular weight excluding hydrogens is 375 g/mol. The number of imidazole rings is 1. The van der Waals surface area contributed by atoms with Crippen LogP contribution in [0.3, 0.4) is 0 Å². The fourth-order valence-electron chi connectivity index (χ4n) is 2.27. The van der Waals surface area contributed by atoms with Crippen molar-refractivity contribution in [2.24, 2.45) is 0 Å². The zero-order chi connectivity index (χ0) is 19.4. The lowest BCUT2D eigenvalue weighted by Crippen LogP contribution is -2.22. The number of Topliss-reactive ketones (excluding diaryl/α,β-unsaturated/α-hetero) is 1. The minimum absolute atomic E-state index is 0.0587. The lowest BCUT2D eigenvalue weighted by Gasteiger charge is -2.06. The number of hydrogen-bond acceptors (Lipinski definition) is 7. The number of methoxy groups -OCH3 is 1. The van der Waals surface area contributed by atoms with Crippen molar-refractivity contribution in [3.63, 3.8) is 0 Å². The Hall–Kier alpha value is -3.18. The number of hydrogen-bond donors (Lipinski definition) is 2. The molecule has 0 aliphatic carbocycles. The van der Waals surface area contributed by atoms with Gasteiger partial charge in [-0.3, -0.25) is 4.79 Å². The van der Waals surface area contributed by atoms with E-state index in [0.29, 0.717) is 17.9 Å². The predicted octanol–water partition coefficient (Wildman–Crippen LogP) is 0.788. The van der Waals surface area contributed by atoms with Gasteiger partial charge in [0, 0.05) is 12.3 Å². The third-order valence-corrected chi connectivity index (χ3v) is 3.94. The summed E-state index contributed by atoms with van der Waals surface area (Å²) in [6.07, 6.45) is 4.29. The van der Waals surface area contributed by atoms with Gasteiger partial charge in [0.15, 0.2) is 0 Å². The maximum Gasteiger partial charge on any atom is 0.256 e. The Morgan fingerprint density at radius 2 is 2.22 bits per heavy atom. The van der Waals surface area contributed by atoms with Gasteiger partial charge in [0.1, 0.15) is 30.1 Å². The van der Waals surface area contributed by atoms with Gasteiger partial charge in [-0.2, -0.15) is 0 Å². The molecule has 1 aromatic carbocycles. The number of thiocarbonyl (C=S) groups is 1. The van der Waals surface area contributed by atoms with Crippen molar-refractivity contribution in [3.8, 4) is 11.4 Å². The van der Waals surface area contributed by atoms with Crippen LogP contribution in [0.5, 0.6) is 0 Å². The molecule has 0 spiro atoms. The van der Waals surface area contributed by atoms with E-state index in [4.69, 9.17) is 22.1 Å². The minimum atomic E-state index is -0.656. The summed E-state index contributed by atoms with van der Waals surface area (Å²) in [5.41, 5.74) is 1.33. The number of halogens is 1. The van der Waals surface area contributed by atoms with E-state index >= 15 is 0 Å². The second-order valence-electron chi connectivity index (χ2n) is 5.38. The maximum atomic E-state index is 14.5. The first-order chi connectivity index (χ1) is 13.0. The Labute approximate surface area is 158 Å². The Balaban J connectivity index is 1.79. The minimum Gasteiger partial charge on any atom is -0.474 e. The summed E-state index contributed by atoms with van der Waals surface area (Å²) in [6, 6.07) is 4.46. The van der Waals surface area contributed by atoms with Crippen LogP contribution in [0.25, 0.3) is 11.4 Å². The number of aliphatic hydroxyl groups excluding tert-OH is 1. The number of benzene rings is 1. The molecular formula is C16H15FN6O3S. The topological polar surface area (TPSA) is 107 Å². The van der Waals surface area contributed by atoms with E-state index in [1.807, 2.05) is 0 Å². The molecule has 0 aliphatic heterocycles. The van der Waals surface area contributed by atoms with Crippen LogP contribution < -0.4 is 5.32 Å². The molecule has 0 saturated carbocycles. The molecule has 0 unspecified atom stereocenters. The monoisotopic (exact) mass is 390 g/mol. The third-order valence-electron chi connectivity index (χ3n) is 3.63. The van der Waals surface area contributed by atoms with Gasteiger partial charge >= 0.3 is 0 Å². The summed E-state index contributed by atoms with van der Waals surface area (Å²) in [6.45, 7) is -0.332. The Morgan fingerprint density at radius 3 is 2.93 bits per heavy atom. The van der Waals surface area contributed by atoms with Crippen LogP contribution in [-0.4, -0.2) is 54.3 Å². The molecule has 0 radical (unpaired) electrons. The summed E-state index contributed by atoms with van der Waals surface area (Å²) < 4.78 is 22.2. The number of aromatic nitrogens is 5. The van der Waals surface area contributed by atoms with Crippen molar-refractivity contribution in [2.75, 3.05) is 13.7 Å². The highest BCUT2D eigenvalue weighted by molar-refractivity contribution is 7.80. The van der Waals surface area contributed by atoms with Gasteiger partial charge < -0.3 is 19.7 Å². The molecule has 3 rings (SSSR count). The zero-order valence-electron chi connectivity index (χ0n) is 14.2. The van der Waals surface area contributed by atoms with Crippen molar-refractivity contribution in [1.82, 2.24) is 29.9 Å². The number of ether oxygens (including phenoxy) is 1. The lowest BCUT2D eigenvalue weighted by molar-refractivity contribution is 0.0899. The molecule has 2 N–H and O–H groups in total. The van der Waals surface area contributed by atoms with Crippen molar-refractivity contribution in [2.45, 2.75) is 6.54 Å². The Kier molecular flexibility index (Phi) is 5.52. The fraction of sp³-hybridized carbons (Fsp3) is 0.188. The number of ketones is 1. The van der Waals surface area contributed by atoms with Gasteiger partial charge in [-0.25, -0.2) is 14.1 Å². The first kappa shape index (κ1) is 18.6. The normalized spacial score (nSPS) is 10.6. The molecule has 0 atom stereocenters. The third kappa shape index (κ3) is 4.15. The van der Waals surface area contributed by atoms with E-state index < -0.39 is 18.2 Å². The molecule has 27 heavy (non-hydrogen) atoms. The first-order valence-corrected chi connectivity index (χ1v) is 8.14. The Morgan fingerprint density at radius 1 is 1.41 bits per heavy atom. The molecule has 9 nitrogen and oxygen atoms in total. The molecule has 2 heterocycles. The molecule has 11 heteroatoms. The highest BCUT2D eigenvalue weighted by Gasteiger charge is 2.12. The standard InChI is InChI=1S/C16H15FN6O3S/c1-26-16(27)18-5-10-6-23(21-20-10)11-2-3-14(12(17)4-11)22-7-13(19-9-22)15(25)8-24/h2-4,6-7,9,24H,5,8H2,1H3,(H,18,27). The smallest absolute Gasteiger partial charge is 0.256 e. The van der Waals surface area contributed by atoms with Crippen LogP contribution in [0, 0.1) is 5.82 Å². The molecule has 3 aromatic rings. The van der Waals surface area contributed by atoms with Crippen LogP contribution in [0.15, 0.2) is 36.9 Å². The van der Waals surface area contributed by atoms with Crippen molar-refractivity contribution < 1.29 is 19.0 Å². The second-order valence-corrected chi connectivity index (χ2v) is 5.75. The number of aliphatic hydroxyl groups is 1. The van der Waals surface area contributed by atoms with Gasteiger partial charge in [0.25, 0.3) is 5.17 Å². The number of nitrogens with one attached hydrogen (secondary N) is 1. The van der Waals surface area contributed by atoms with Crippen LogP contribution in [0.2, 0.25) is 0 Å². The van der Waals surface area contributed by atoms with E-state index in [9.17, 15) is 9.18 Å². The fourth-order valence-corrected chi connectivity index (χ4v) is 2.34. The average molecular weight is 390 g/mol. The molecule has 0 fully saturated rings. The van der Waals surface area contributed by atoms with Crippen LogP contribution in [0.1, 0.15) is 16.2 Å². The quantitative estimate of drug-likeness (QED) is 0.470. The second kappa shape index (κ2) is 8.01. The molecule has 2 aromatic heterocycles. The summed E-state index contributed by atoms with van der Waals surface area (Å²) in [4.78, 5) is 15.3. The van der Waals surface area contributed by atoms with E-state index in [1.54, 1.807) is 12.3 Å². The molecule has 0 amide bonds. The average Bonchev–Trinajstić information content (AvgIpc) is 3.35. The Bertz CT molecular complexity index is 986. The summed E-state index contributed by atoms with van der Waals surface area (Å²) in [7, 11) is 1.46. The highest BCUT2D eigenvalue weighted by atomic mass is 32.1. The van der Waals surface area contributed by atoms with Gasteiger partial charge in [0.05, 0.1) is 31.2 Å². The molecule has 0 bridgehead atoms. The summed E-state index contributed by atoms with van der Waals surface area (Å²) in [5, 5.41) is 19.9. The van der Waals surface area contributed by atoms with E-state index in [1.165, 1.54) is 41.0 Å². The maximum absolute atomic E-state index is 14.5. The molecule has 140 valence electrons. The van der Waals surface area contributed by atoms with E-state index in [2.05, 4.69) is 20.6 Å². The van der Waals surface area contributed by atoms with E-state index in [-0.39, 0.29) is 16.6 Å². The van der Waals surface area contributed by atoms with E-state index in [0.717, 1.165) is 0 Å². The van der Waals surface area contributed by atoms with Crippen molar-refractivity contribution >= 4 is 23.2 Å². The first-order valence-electron chi connectivity index (χ1n) is 7.73. The van der Waals surface area contributed by atoms with Gasteiger partial charge in [0.2, 0.25) is 5.78 Å². The lowest BCUT2D eigenvalue weighted by atomic mass is 10.2. The number of nitrogens with zero attached hydrogens (tertiary/aromatic N) is 5. The summed E-state index contributed by atoms with van der Waals surface area (Å²) in [5.74, 6) is -1.08. The summed E-state index contributed by atoms with van der Waals surface area (Å²) >= 11 is 4.88. The van der Waals surface area contributed by atoms with Gasteiger partial charge in [-0.15, -0.1) is 5.10 Å². The molecule has 0 saturated heterocycles. The van der Waals surface area contributed by atoms with Crippen molar-refractivity contribution in [3.05, 3.63) is 54.1 Å². The van der Waals surface area contributed by atoms with Gasteiger partial charge in [-0.05, 0) is 24.4 Å². The van der Waals surface area contributed by atoms with Crippen LogP contribution in [-0.2, 0) is 11.3 Å². The number of rotatable bonds is 6. The van der Waals surface area contributed by atoms with Crippen LogP contribution >= 0.6 is 12.2 Å². The predicted molar refractivity (Wildman–Crippen MR) is 96.3 cm³/mol. The van der Waals surface area contributed by atoms with Crippen molar-refractivity contribution in [1.29, 1.82) is 0 Å². The largest absolute Gasteiger partial charge is 0.474 e. The molecule has 0 aliphatic rings. The number of carbonyl (C=O) groups is 1. The van der Waals surface area contributed by atoms with Crippen LogP contribution in [0.4, 0.5) is 4.39 Å². The SMILES string of the molecule is COC(=S)NCc1cn(-c2ccc(-n3cnc(C(=O)CO)c3)c(F)c2)nn1. The van der Waals surface area contributed by atoms with Gasteiger partial charge in [-0.1, -0.05) is 5.21 Å². The number of carbonyl (C=O) groups excluding carboxylic acids is 1. The highest BCUT2D eigenvalue weighted by Crippen LogP contribution is 2.18. The zero-order valence-corrected chi connectivity index (χ0v) is 15.0.